The highest BCUT2D eigenvalue weighted by molar-refractivity contribution is 7.89. The summed E-state index contributed by atoms with van der Waals surface area (Å²) in [5.74, 6) is 0.117. The average Bonchev–Trinajstić information content (AvgIpc) is 3.22. The Hall–Kier alpha value is -1.48. The maximum atomic E-state index is 12.4. The van der Waals surface area contributed by atoms with Crippen molar-refractivity contribution in [1.29, 1.82) is 0 Å². The maximum Gasteiger partial charge on any atom is 0.240 e. The second kappa shape index (κ2) is 9.64. The number of hydrogen-bond donors (Lipinski definition) is 2. The van der Waals surface area contributed by atoms with Gasteiger partial charge in [0, 0.05) is 31.2 Å². The van der Waals surface area contributed by atoms with Gasteiger partial charge in [-0.3, -0.25) is 9.69 Å². The van der Waals surface area contributed by atoms with Crippen LogP contribution in [0.15, 0.2) is 29.2 Å². The lowest BCUT2D eigenvalue weighted by atomic mass is 10.1. The first-order valence-electron chi connectivity index (χ1n) is 9.75. The lowest BCUT2D eigenvalue weighted by Crippen LogP contribution is -2.38. The molecule has 2 aliphatic rings. The molecule has 1 aromatic rings. The SMILES string of the molecule is O=C(Nc1ccc(S(=O)(=O)NCCCN2CCOCC2)cc1)C1CCCC1. The van der Waals surface area contributed by atoms with E-state index in [1.165, 1.54) is 12.1 Å². The predicted molar refractivity (Wildman–Crippen MR) is 104 cm³/mol. The normalized spacial score (nSPS) is 19.3. The largest absolute Gasteiger partial charge is 0.379 e. The smallest absolute Gasteiger partial charge is 0.240 e. The third-order valence-electron chi connectivity index (χ3n) is 5.21. The number of morpholine rings is 1. The number of anilines is 1. The molecule has 1 aromatic carbocycles. The second-order valence-electron chi connectivity index (χ2n) is 7.20. The van der Waals surface area contributed by atoms with E-state index in [0.717, 1.165) is 65.0 Å². The number of amides is 1. The summed E-state index contributed by atoms with van der Waals surface area (Å²) in [6.45, 7) is 4.56. The Bertz CT molecular complexity index is 709. The molecule has 3 rings (SSSR count). The minimum Gasteiger partial charge on any atom is -0.379 e. The minimum absolute atomic E-state index is 0.0318. The summed E-state index contributed by atoms with van der Waals surface area (Å²) in [7, 11) is -3.53. The molecule has 27 heavy (non-hydrogen) atoms. The quantitative estimate of drug-likeness (QED) is 0.656. The standard InChI is InChI=1S/C19H29N3O4S/c23-19(16-4-1-2-5-16)21-17-6-8-18(9-7-17)27(24,25)20-10-3-11-22-12-14-26-15-13-22/h6-9,16,20H,1-5,10-15H2,(H,21,23). The van der Waals surface area contributed by atoms with Gasteiger partial charge in [-0.15, -0.1) is 0 Å². The molecule has 0 radical (unpaired) electrons. The van der Waals surface area contributed by atoms with Crippen molar-refractivity contribution >= 4 is 21.6 Å². The van der Waals surface area contributed by atoms with Crippen LogP contribution in [-0.2, 0) is 19.6 Å². The number of hydrogen-bond acceptors (Lipinski definition) is 5. The molecule has 1 heterocycles. The van der Waals surface area contributed by atoms with Gasteiger partial charge in [-0.2, -0.15) is 0 Å². The number of benzene rings is 1. The summed E-state index contributed by atoms with van der Waals surface area (Å²) in [4.78, 5) is 14.6. The van der Waals surface area contributed by atoms with Crippen LogP contribution >= 0.6 is 0 Å². The van der Waals surface area contributed by atoms with Crippen molar-refractivity contribution in [3.8, 4) is 0 Å². The first-order chi connectivity index (χ1) is 13.0. The summed E-state index contributed by atoms with van der Waals surface area (Å²) in [6.07, 6.45) is 4.84. The first kappa shape index (κ1) is 20.3. The number of carbonyl (C=O) groups is 1. The van der Waals surface area contributed by atoms with Gasteiger partial charge < -0.3 is 10.1 Å². The monoisotopic (exact) mass is 395 g/mol. The van der Waals surface area contributed by atoms with Gasteiger partial charge >= 0.3 is 0 Å². The van der Waals surface area contributed by atoms with E-state index in [1.54, 1.807) is 12.1 Å². The zero-order valence-corrected chi connectivity index (χ0v) is 16.5. The van der Waals surface area contributed by atoms with Gasteiger partial charge in [0.2, 0.25) is 15.9 Å². The zero-order chi connectivity index (χ0) is 19.1. The van der Waals surface area contributed by atoms with Crippen molar-refractivity contribution in [3.05, 3.63) is 24.3 Å². The van der Waals surface area contributed by atoms with E-state index in [4.69, 9.17) is 4.74 Å². The highest BCUT2D eigenvalue weighted by atomic mass is 32.2. The molecule has 7 nitrogen and oxygen atoms in total. The topological polar surface area (TPSA) is 87.7 Å². The number of sulfonamides is 1. The summed E-state index contributed by atoms with van der Waals surface area (Å²) < 4.78 is 32.7. The fourth-order valence-corrected chi connectivity index (χ4v) is 4.64. The van der Waals surface area contributed by atoms with Crippen molar-refractivity contribution in [3.63, 3.8) is 0 Å². The molecule has 8 heteroatoms. The molecule has 2 N–H and O–H groups in total. The minimum atomic E-state index is -3.53. The van der Waals surface area contributed by atoms with Crippen LogP contribution in [-0.4, -0.2) is 58.6 Å². The summed E-state index contributed by atoms with van der Waals surface area (Å²) in [6, 6.07) is 6.37. The Morgan fingerprint density at radius 3 is 2.44 bits per heavy atom. The maximum absolute atomic E-state index is 12.4. The molecule has 1 saturated carbocycles. The van der Waals surface area contributed by atoms with Crippen LogP contribution in [0.25, 0.3) is 0 Å². The molecule has 0 spiro atoms. The van der Waals surface area contributed by atoms with E-state index in [2.05, 4.69) is 14.9 Å². The van der Waals surface area contributed by atoms with Crippen molar-refractivity contribution in [2.75, 3.05) is 44.7 Å². The van der Waals surface area contributed by atoms with Gasteiger partial charge in [-0.05, 0) is 50.1 Å². The van der Waals surface area contributed by atoms with Gasteiger partial charge in [0.1, 0.15) is 0 Å². The summed E-state index contributed by atoms with van der Waals surface area (Å²) in [5.41, 5.74) is 0.637. The number of carbonyl (C=O) groups excluding carboxylic acids is 1. The van der Waals surface area contributed by atoms with Gasteiger partial charge in [-0.25, -0.2) is 13.1 Å². The van der Waals surface area contributed by atoms with Crippen LogP contribution in [0, 0.1) is 5.92 Å². The van der Waals surface area contributed by atoms with Crippen LogP contribution in [0.1, 0.15) is 32.1 Å². The molecule has 2 fully saturated rings. The molecule has 1 amide bonds. The summed E-state index contributed by atoms with van der Waals surface area (Å²) >= 11 is 0. The fourth-order valence-electron chi connectivity index (χ4n) is 3.57. The van der Waals surface area contributed by atoms with Gasteiger partial charge in [0.15, 0.2) is 0 Å². The molecule has 0 atom stereocenters. The zero-order valence-electron chi connectivity index (χ0n) is 15.7. The van der Waals surface area contributed by atoms with E-state index >= 15 is 0 Å². The average molecular weight is 396 g/mol. The molecular weight excluding hydrogens is 366 g/mol. The van der Waals surface area contributed by atoms with Crippen LogP contribution in [0.2, 0.25) is 0 Å². The lowest BCUT2D eigenvalue weighted by molar-refractivity contribution is -0.119. The molecule has 1 saturated heterocycles. The van der Waals surface area contributed by atoms with E-state index < -0.39 is 10.0 Å². The van der Waals surface area contributed by atoms with Gasteiger partial charge in [-0.1, -0.05) is 12.8 Å². The molecular formula is C19H29N3O4S. The van der Waals surface area contributed by atoms with Crippen molar-refractivity contribution in [2.45, 2.75) is 37.0 Å². The third-order valence-corrected chi connectivity index (χ3v) is 6.68. The number of ether oxygens (including phenoxy) is 1. The molecule has 0 bridgehead atoms. The Balaban J connectivity index is 1.45. The Kier molecular flexibility index (Phi) is 7.23. The van der Waals surface area contributed by atoms with Crippen molar-refractivity contribution < 1.29 is 17.9 Å². The number of nitrogens with one attached hydrogen (secondary N) is 2. The van der Waals surface area contributed by atoms with E-state index in [1.807, 2.05) is 0 Å². The van der Waals surface area contributed by atoms with Crippen LogP contribution in [0.5, 0.6) is 0 Å². The molecule has 1 aliphatic heterocycles. The first-order valence-corrected chi connectivity index (χ1v) is 11.2. The number of nitrogens with zero attached hydrogens (tertiary/aromatic N) is 1. The molecule has 150 valence electrons. The third kappa shape index (κ3) is 6.00. The Morgan fingerprint density at radius 2 is 1.78 bits per heavy atom. The van der Waals surface area contributed by atoms with Crippen LogP contribution < -0.4 is 10.0 Å². The van der Waals surface area contributed by atoms with Gasteiger partial charge in [0.25, 0.3) is 0 Å². The highest BCUT2D eigenvalue weighted by Gasteiger charge is 2.22. The predicted octanol–water partition coefficient (Wildman–Crippen LogP) is 1.82. The van der Waals surface area contributed by atoms with Crippen LogP contribution in [0.4, 0.5) is 5.69 Å². The van der Waals surface area contributed by atoms with E-state index in [0.29, 0.717) is 12.2 Å². The highest BCUT2D eigenvalue weighted by Crippen LogP contribution is 2.26. The fraction of sp³-hybridized carbons (Fsp3) is 0.632. The van der Waals surface area contributed by atoms with Crippen molar-refractivity contribution in [1.82, 2.24) is 9.62 Å². The summed E-state index contributed by atoms with van der Waals surface area (Å²) in [5, 5.41) is 2.88. The van der Waals surface area contributed by atoms with E-state index in [-0.39, 0.29) is 16.7 Å². The second-order valence-corrected chi connectivity index (χ2v) is 8.97. The number of rotatable bonds is 8. The van der Waals surface area contributed by atoms with Crippen LogP contribution in [0.3, 0.4) is 0 Å². The lowest BCUT2D eigenvalue weighted by Gasteiger charge is -2.26. The molecule has 0 aromatic heterocycles. The van der Waals surface area contributed by atoms with Crippen molar-refractivity contribution in [2.24, 2.45) is 5.92 Å². The molecule has 1 aliphatic carbocycles. The Morgan fingerprint density at radius 1 is 1.11 bits per heavy atom. The Labute approximate surface area is 161 Å². The van der Waals surface area contributed by atoms with Gasteiger partial charge in [0.05, 0.1) is 18.1 Å². The molecule has 0 unspecified atom stereocenters. The van der Waals surface area contributed by atoms with E-state index in [9.17, 15) is 13.2 Å².